The first-order chi connectivity index (χ1) is 15.2. The van der Waals surface area contributed by atoms with Crippen molar-refractivity contribution in [2.24, 2.45) is 5.41 Å². The third kappa shape index (κ3) is 4.68. The molecule has 0 spiro atoms. The van der Waals surface area contributed by atoms with Gasteiger partial charge in [0.25, 0.3) is 5.56 Å². The number of nitrogens with one attached hydrogen (secondary N) is 2. The van der Waals surface area contributed by atoms with Crippen molar-refractivity contribution >= 4 is 17.7 Å². The monoisotopic (exact) mass is 451 g/mol. The topological polar surface area (TPSA) is 107 Å². The predicted octanol–water partition coefficient (Wildman–Crippen LogP) is 1.82. The fourth-order valence-electron chi connectivity index (χ4n) is 3.85. The highest BCUT2D eigenvalue weighted by Crippen LogP contribution is 2.50. The van der Waals surface area contributed by atoms with E-state index in [1.54, 1.807) is 12.4 Å². The van der Waals surface area contributed by atoms with Crippen LogP contribution in [0, 0.1) is 12.3 Å². The number of nitrogens with zero attached hydrogens (tertiary/aromatic N) is 5. The Kier molecular flexibility index (Phi) is 5.78. The van der Waals surface area contributed by atoms with E-state index in [9.17, 15) is 22.8 Å². The first kappa shape index (κ1) is 22.0. The number of aromatic nitrogens is 4. The van der Waals surface area contributed by atoms with Crippen LogP contribution in [0.25, 0.3) is 0 Å². The summed E-state index contributed by atoms with van der Waals surface area (Å²) in [6.07, 6.45) is 0.757. The molecule has 172 valence electrons. The van der Waals surface area contributed by atoms with Crippen molar-refractivity contribution in [2.45, 2.75) is 32.4 Å². The Bertz CT molecular complexity index is 1030. The van der Waals surface area contributed by atoms with E-state index in [2.05, 4.69) is 20.4 Å². The summed E-state index contributed by atoms with van der Waals surface area (Å²) in [6.45, 7) is 4.63. The van der Waals surface area contributed by atoms with Gasteiger partial charge in [-0.3, -0.25) is 9.59 Å². The van der Waals surface area contributed by atoms with Crippen LogP contribution in [-0.4, -0.2) is 63.7 Å². The summed E-state index contributed by atoms with van der Waals surface area (Å²) in [6, 6.07) is 0.687. The van der Waals surface area contributed by atoms with Crippen LogP contribution in [0.4, 0.5) is 24.9 Å². The lowest BCUT2D eigenvalue weighted by Gasteiger charge is -2.36. The van der Waals surface area contributed by atoms with E-state index in [0.29, 0.717) is 44.6 Å². The van der Waals surface area contributed by atoms with E-state index in [-0.39, 0.29) is 18.3 Å². The molecule has 1 aliphatic carbocycles. The normalized spacial score (nSPS) is 17.9. The van der Waals surface area contributed by atoms with Crippen LogP contribution in [0.15, 0.2) is 23.3 Å². The molecular formula is C20H24F3N7O2. The minimum absolute atomic E-state index is 0.0770. The Labute approximate surface area is 182 Å². The van der Waals surface area contributed by atoms with Gasteiger partial charge in [0.1, 0.15) is 11.4 Å². The number of hydrogen-bond acceptors (Lipinski definition) is 7. The molecule has 0 aromatic carbocycles. The van der Waals surface area contributed by atoms with Gasteiger partial charge < -0.3 is 15.1 Å². The number of carbonyl (C=O) groups excluding carboxylic acids is 1. The number of aryl methyl sites for hydroxylation is 1. The van der Waals surface area contributed by atoms with Crippen LogP contribution < -0.4 is 15.8 Å². The van der Waals surface area contributed by atoms with Crippen LogP contribution in [0.5, 0.6) is 0 Å². The molecule has 1 saturated heterocycles. The standard InChI is InChI=1S/C20H24F3N7O2/c1-13-11-25-18(26-12-13)30-8-6-29(7-9-30)17(32)19(2-3-19)4-5-24-15-10-14(20(21,22)23)16(31)28-27-15/h10-12H,2-9H2,1H3,(H,24,27)(H,28,31). The maximum Gasteiger partial charge on any atom is 0.421 e. The van der Waals surface area contributed by atoms with Gasteiger partial charge in [-0.05, 0) is 31.7 Å². The van der Waals surface area contributed by atoms with Crippen LogP contribution in [0.2, 0.25) is 0 Å². The molecule has 0 unspecified atom stereocenters. The number of carbonyl (C=O) groups is 1. The molecule has 2 aromatic rings. The Hall–Kier alpha value is -3.18. The zero-order chi connectivity index (χ0) is 22.9. The molecular weight excluding hydrogens is 427 g/mol. The number of anilines is 2. The van der Waals surface area contributed by atoms with E-state index in [4.69, 9.17) is 0 Å². The fraction of sp³-hybridized carbons (Fsp3) is 0.550. The number of aromatic amines is 1. The summed E-state index contributed by atoms with van der Waals surface area (Å²) in [4.78, 5) is 37.0. The van der Waals surface area contributed by atoms with Gasteiger partial charge in [0.05, 0.1) is 5.41 Å². The maximum atomic E-state index is 13.1. The average molecular weight is 451 g/mol. The molecule has 1 saturated carbocycles. The molecule has 32 heavy (non-hydrogen) atoms. The molecule has 0 radical (unpaired) electrons. The first-order valence-corrected chi connectivity index (χ1v) is 10.4. The Morgan fingerprint density at radius 3 is 2.44 bits per heavy atom. The SMILES string of the molecule is Cc1cnc(N2CCN(C(=O)C3(CCNc4cc(C(F)(F)F)c(=O)[nH]n4)CC3)CC2)nc1. The van der Waals surface area contributed by atoms with Gasteiger partial charge >= 0.3 is 6.18 Å². The Morgan fingerprint density at radius 1 is 1.19 bits per heavy atom. The lowest BCUT2D eigenvalue weighted by atomic mass is 10.00. The first-order valence-electron chi connectivity index (χ1n) is 10.4. The van der Waals surface area contributed by atoms with Gasteiger partial charge in [0.15, 0.2) is 0 Å². The van der Waals surface area contributed by atoms with Crippen molar-refractivity contribution in [1.82, 2.24) is 25.1 Å². The molecule has 12 heteroatoms. The highest BCUT2D eigenvalue weighted by molar-refractivity contribution is 5.85. The second-order valence-corrected chi connectivity index (χ2v) is 8.29. The Morgan fingerprint density at radius 2 is 1.84 bits per heavy atom. The van der Waals surface area contributed by atoms with Gasteiger partial charge in [0.2, 0.25) is 11.9 Å². The van der Waals surface area contributed by atoms with Gasteiger partial charge in [-0.2, -0.15) is 18.3 Å². The lowest BCUT2D eigenvalue weighted by Crippen LogP contribution is -2.51. The summed E-state index contributed by atoms with van der Waals surface area (Å²) in [5, 5.41) is 8.26. The van der Waals surface area contributed by atoms with Crippen molar-refractivity contribution in [3.63, 3.8) is 0 Å². The number of H-pyrrole nitrogens is 1. The molecule has 1 amide bonds. The van der Waals surface area contributed by atoms with Gasteiger partial charge in [0, 0.05) is 51.2 Å². The molecule has 2 N–H and O–H groups in total. The number of halogens is 3. The number of alkyl halides is 3. The van der Waals surface area contributed by atoms with Crippen molar-refractivity contribution in [2.75, 3.05) is 42.9 Å². The molecule has 0 atom stereocenters. The highest BCUT2D eigenvalue weighted by atomic mass is 19.4. The van der Waals surface area contributed by atoms with E-state index in [1.807, 2.05) is 21.8 Å². The molecule has 3 heterocycles. The molecule has 2 aromatic heterocycles. The van der Waals surface area contributed by atoms with E-state index in [1.165, 1.54) is 0 Å². The maximum absolute atomic E-state index is 13.1. The minimum Gasteiger partial charge on any atom is -0.369 e. The fourth-order valence-corrected chi connectivity index (χ4v) is 3.85. The van der Waals surface area contributed by atoms with Crippen LogP contribution in [0.3, 0.4) is 0 Å². The van der Waals surface area contributed by atoms with Gasteiger partial charge in [-0.1, -0.05) is 0 Å². The third-order valence-electron chi connectivity index (χ3n) is 5.94. The third-order valence-corrected chi connectivity index (χ3v) is 5.94. The Balaban J connectivity index is 1.30. The largest absolute Gasteiger partial charge is 0.421 e. The summed E-state index contributed by atoms with van der Waals surface area (Å²) in [5.41, 5.74) is -2.09. The van der Waals surface area contributed by atoms with Crippen LogP contribution in [-0.2, 0) is 11.0 Å². The molecule has 2 aliphatic rings. The second-order valence-electron chi connectivity index (χ2n) is 8.29. The lowest BCUT2D eigenvalue weighted by molar-refractivity contribution is -0.139. The van der Waals surface area contributed by atoms with Crippen LogP contribution >= 0.6 is 0 Å². The molecule has 1 aliphatic heterocycles. The van der Waals surface area contributed by atoms with Crippen molar-refractivity contribution in [1.29, 1.82) is 0 Å². The average Bonchev–Trinajstić information content (AvgIpc) is 3.55. The number of rotatable bonds is 6. The summed E-state index contributed by atoms with van der Waals surface area (Å²) in [7, 11) is 0. The van der Waals surface area contributed by atoms with Crippen LogP contribution in [0.1, 0.15) is 30.4 Å². The minimum atomic E-state index is -4.76. The zero-order valence-corrected chi connectivity index (χ0v) is 17.6. The molecule has 4 rings (SSSR count). The van der Waals surface area contributed by atoms with Gasteiger partial charge in [-0.25, -0.2) is 15.1 Å². The second kappa shape index (κ2) is 8.40. The predicted molar refractivity (Wildman–Crippen MR) is 110 cm³/mol. The number of hydrogen-bond donors (Lipinski definition) is 2. The number of piperazine rings is 1. The molecule has 9 nitrogen and oxygen atoms in total. The van der Waals surface area contributed by atoms with Crippen molar-refractivity contribution < 1.29 is 18.0 Å². The van der Waals surface area contributed by atoms with Crippen molar-refractivity contribution in [3.05, 3.63) is 39.9 Å². The van der Waals surface area contributed by atoms with E-state index < -0.39 is 22.7 Å². The zero-order valence-electron chi connectivity index (χ0n) is 17.6. The smallest absolute Gasteiger partial charge is 0.369 e. The van der Waals surface area contributed by atoms with E-state index >= 15 is 0 Å². The molecule has 0 bridgehead atoms. The quantitative estimate of drug-likeness (QED) is 0.690. The summed E-state index contributed by atoms with van der Waals surface area (Å²) >= 11 is 0. The summed E-state index contributed by atoms with van der Waals surface area (Å²) in [5.74, 6) is 0.653. The molecule has 2 fully saturated rings. The van der Waals surface area contributed by atoms with E-state index in [0.717, 1.165) is 18.4 Å². The summed E-state index contributed by atoms with van der Waals surface area (Å²) < 4.78 is 38.6. The highest BCUT2D eigenvalue weighted by Gasteiger charge is 2.51. The number of amides is 1. The van der Waals surface area contributed by atoms with Crippen molar-refractivity contribution in [3.8, 4) is 0 Å². The van der Waals surface area contributed by atoms with Gasteiger partial charge in [-0.15, -0.1) is 0 Å².